The van der Waals surface area contributed by atoms with Crippen LogP contribution in [0.4, 0.5) is 0 Å². The third kappa shape index (κ3) is 3.86. The Balaban J connectivity index is 1.94. The van der Waals surface area contributed by atoms with E-state index in [2.05, 4.69) is 5.32 Å². The van der Waals surface area contributed by atoms with Gasteiger partial charge in [-0.2, -0.15) is 0 Å². The van der Waals surface area contributed by atoms with Gasteiger partial charge in [0.25, 0.3) is 5.91 Å². The van der Waals surface area contributed by atoms with Gasteiger partial charge < -0.3 is 14.8 Å². The van der Waals surface area contributed by atoms with Crippen LogP contribution in [0.15, 0.2) is 78.9 Å². The maximum absolute atomic E-state index is 12.9. The Kier molecular flexibility index (Phi) is 5.54. The van der Waals surface area contributed by atoms with Crippen molar-refractivity contribution in [3.05, 3.63) is 95.6 Å². The number of benzene rings is 3. The second-order valence-corrected chi connectivity index (χ2v) is 5.79. The molecule has 4 nitrogen and oxygen atoms in total. The summed E-state index contributed by atoms with van der Waals surface area (Å²) in [5, 5.41) is 3.12. The smallest absolute Gasteiger partial charge is 0.255 e. The van der Waals surface area contributed by atoms with Crippen molar-refractivity contribution in [2.75, 3.05) is 14.2 Å². The number of carbonyl (C=O) groups excluding carboxylic acids is 1. The number of amides is 1. The van der Waals surface area contributed by atoms with E-state index in [1.165, 1.54) is 7.11 Å². The lowest BCUT2D eigenvalue weighted by atomic mass is 9.98. The number of nitrogens with one attached hydrogen (secondary N) is 1. The topological polar surface area (TPSA) is 47.6 Å². The summed E-state index contributed by atoms with van der Waals surface area (Å²) in [4.78, 5) is 12.9. The van der Waals surface area contributed by atoms with Crippen LogP contribution < -0.4 is 14.8 Å². The summed E-state index contributed by atoms with van der Waals surface area (Å²) in [6.07, 6.45) is 0. The van der Waals surface area contributed by atoms with Gasteiger partial charge in [0, 0.05) is 6.07 Å². The highest BCUT2D eigenvalue weighted by atomic mass is 16.5. The monoisotopic (exact) mass is 347 g/mol. The largest absolute Gasteiger partial charge is 0.497 e. The van der Waals surface area contributed by atoms with Gasteiger partial charge in [0.2, 0.25) is 0 Å². The zero-order chi connectivity index (χ0) is 18.4. The Morgan fingerprint density at radius 3 is 1.88 bits per heavy atom. The van der Waals surface area contributed by atoms with E-state index in [9.17, 15) is 4.79 Å². The van der Waals surface area contributed by atoms with Crippen molar-refractivity contribution in [2.45, 2.75) is 6.04 Å². The van der Waals surface area contributed by atoms with Crippen LogP contribution in [0.3, 0.4) is 0 Å². The maximum atomic E-state index is 12.9. The molecule has 0 saturated carbocycles. The Labute approximate surface area is 153 Å². The summed E-state index contributed by atoms with van der Waals surface area (Å²) in [5.74, 6) is 0.907. The molecule has 0 aromatic heterocycles. The molecule has 0 aliphatic heterocycles. The molecule has 0 spiro atoms. The quantitative estimate of drug-likeness (QED) is 0.726. The molecule has 3 rings (SSSR count). The zero-order valence-electron chi connectivity index (χ0n) is 14.8. The second kappa shape index (κ2) is 8.21. The van der Waals surface area contributed by atoms with Crippen LogP contribution in [0.5, 0.6) is 11.5 Å². The number of methoxy groups -OCH3 is 2. The number of hydrogen-bond acceptors (Lipinski definition) is 3. The van der Waals surface area contributed by atoms with Crippen LogP contribution >= 0.6 is 0 Å². The molecular formula is C22H21NO3. The van der Waals surface area contributed by atoms with Gasteiger partial charge in [-0.25, -0.2) is 0 Å². The van der Waals surface area contributed by atoms with Gasteiger partial charge in [-0.05, 0) is 23.3 Å². The first-order chi connectivity index (χ1) is 12.7. The van der Waals surface area contributed by atoms with Crippen molar-refractivity contribution < 1.29 is 14.3 Å². The van der Waals surface area contributed by atoms with Gasteiger partial charge in [0.1, 0.15) is 11.5 Å². The molecule has 0 radical (unpaired) electrons. The highest BCUT2D eigenvalue weighted by molar-refractivity contribution is 5.97. The van der Waals surface area contributed by atoms with E-state index in [0.717, 1.165) is 11.1 Å². The lowest BCUT2D eigenvalue weighted by molar-refractivity contribution is 0.0940. The zero-order valence-corrected chi connectivity index (χ0v) is 14.8. The molecule has 0 saturated heterocycles. The highest BCUT2D eigenvalue weighted by Crippen LogP contribution is 2.27. The molecule has 4 heteroatoms. The first-order valence-electron chi connectivity index (χ1n) is 8.35. The second-order valence-electron chi connectivity index (χ2n) is 5.79. The molecular weight excluding hydrogens is 326 g/mol. The predicted molar refractivity (Wildman–Crippen MR) is 102 cm³/mol. The van der Waals surface area contributed by atoms with Crippen molar-refractivity contribution in [3.63, 3.8) is 0 Å². The van der Waals surface area contributed by atoms with Crippen LogP contribution in [0, 0.1) is 0 Å². The van der Waals surface area contributed by atoms with Gasteiger partial charge in [-0.3, -0.25) is 4.79 Å². The number of rotatable bonds is 6. The lowest BCUT2D eigenvalue weighted by Gasteiger charge is -2.20. The molecule has 0 atom stereocenters. The Morgan fingerprint density at radius 2 is 1.38 bits per heavy atom. The van der Waals surface area contributed by atoms with E-state index in [0.29, 0.717) is 17.1 Å². The third-order valence-corrected chi connectivity index (χ3v) is 4.19. The van der Waals surface area contributed by atoms with Crippen LogP contribution in [0.1, 0.15) is 27.5 Å². The Morgan fingerprint density at radius 1 is 0.808 bits per heavy atom. The first kappa shape index (κ1) is 17.5. The summed E-state index contributed by atoms with van der Waals surface area (Å²) in [7, 11) is 3.12. The lowest BCUT2D eigenvalue weighted by Crippen LogP contribution is -2.29. The van der Waals surface area contributed by atoms with E-state index in [1.807, 2.05) is 60.7 Å². The minimum atomic E-state index is -0.253. The van der Waals surface area contributed by atoms with Gasteiger partial charge in [-0.1, -0.05) is 60.7 Å². The Bertz CT molecular complexity index is 824. The third-order valence-electron chi connectivity index (χ3n) is 4.19. The van der Waals surface area contributed by atoms with Crippen LogP contribution in [0.25, 0.3) is 0 Å². The van der Waals surface area contributed by atoms with Crippen molar-refractivity contribution in [1.82, 2.24) is 5.32 Å². The summed E-state index contributed by atoms with van der Waals surface area (Å²) < 4.78 is 10.6. The normalized spacial score (nSPS) is 10.4. The predicted octanol–water partition coefficient (Wildman–Crippen LogP) is 4.22. The van der Waals surface area contributed by atoms with E-state index in [-0.39, 0.29) is 11.9 Å². The average molecular weight is 347 g/mol. The fourth-order valence-corrected chi connectivity index (χ4v) is 2.85. The number of ether oxygens (including phenoxy) is 2. The first-order valence-corrected chi connectivity index (χ1v) is 8.35. The molecule has 0 heterocycles. The molecule has 0 fully saturated rings. The number of hydrogen-bond donors (Lipinski definition) is 1. The van der Waals surface area contributed by atoms with Gasteiger partial charge in [-0.15, -0.1) is 0 Å². The van der Waals surface area contributed by atoms with Gasteiger partial charge >= 0.3 is 0 Å². The van der Waals surface area contributed by atoms with E-state index >= 15 is 0 Å². The fraction of sp³-hybridized carbons (Fsp3) is 0.136. The van der Waals surface area contributed by atoms with Gasteiger partial charge in [0.15, 0.2) is 0 Å². The van der Waals surface area contributed by atoms with Crippen molar-refractivity contribution in [3.8, 4) is 11.5 Å². The molecule has 26 heavy (non-hydrogen) atoms. The molecule has 3 aromatic carbocycles. The molecule has 0 aliphatic rings. The molecule has 1 amide bonds. The Hall–Kier alpha value is -3.27. The molecule has 0 unspecified atom stereocenters. The van der Waals surface area contributed by atoms with E-state index in [1.54, 1.807) is 25.3 Å². The molecule has 0 aliphatic carbocycles. The molecule has 1 N–H and O–H groups in total. The summed E-state index contributed by atoms with van der Waals surface area (Å²) in [5.41, 5.74) is 2.49. The molecule has 0 bridgehead atoms. The summed E-state index contributed by atoms with van der Waals surface area (Å²) in [6, 6.07) is 24.7. The minimum absolute atomic E-state index is 0.206. The number of carbonyl (C=O) groups is 1. The standard InChI is InChI=1S/C22H21NO3/c1-25-18-13-14-19(20(15-18)26-2)22(24)23-21(16-9-5-3-6-10-16)17-11-7-4-8-12-17/h3-15,21H,1-2H3,(H,23,24). The highest BCUT2D eigenvalue weighted by Gasteiger charge is 2.20. The van der Waals surface area contributed by atoms with Crippen LogP contribution in [-0.4, -0.2) is 20.1 Å². The fourth-order valence-electron chi connectivity index (χ4n) is 2.85. The molecule has 3 aromatic rings. The SMILES string of the molecule is COc1ccc(C(=O)NC(c2ccccc2)c2ccccc2)c(OC)c1. The van der Waals surface area contributed by atoms with Crippen LogP contribution in [0.2, 0.25) is 0 Å². The van der Waals surface area contributed by atoms with Crippen molar-refractivity contribution in [2.24, 2.45) is 0 Å². The van der Waals surface area contributed by atoms with Crippen molar-refractivity contribution in [1.29, 1.82) is 0 Å². The minimum Gasteiger partial charge on any atom is -0.497 e. The average Bonchev–Trinajstić information content (AvgIpc) is 2.72. The van der Waals surface area contributed by atoms with E-state index < -0.39 is 0 Å². The summed E-state index contributed by atoms with van der Waals surface area (Å²) in [6.45, 7) is 0. The van der Waals surface area contributed by atoms with E-state index in [4.69, 9.17) is 9.47 Å². The van der Waals surface area contributed by atoms with Gasteiger partial charge in [0.05, 0.1) is 25.8 Å². The van der Waals surface area contributed by atoms with Crippen molar-refractivity contribution >= 4 is 5.91 Å². The summed E-state index contributed by atoms with van der Waals surface area (Å²) >= 11 is 0. The maximum Gasteiger partial charge on any atom is 0.255 e. The molecule has 132 valence electrons. The van der Waals surface area contributed by atoms with Crippen LogP contribution in [-0.2, 0) is 0 Å².